The molecule has 0 aromatic heterocycles. The highest BCUT2D eigenvalue weighted by atomic mass is 19.3. The molecule has 60 valence electrons. The molecule has 0 saturated carbocycles. The van der Waals surface area contributed by atoms with E-state index in [4.69, 9.17) is 0 Å². The third kappa shape index (κ3) is 2.58. The summed E-state index contributed by atoms with van der Waals surface area (Å²) in [5, 5.41) is 3.06. The summed E-state index contributed by atoms with van der Waals surface area (Å²) in [7, 11) is 0. The van der Waals surface area contributed by atoms with E-state index in [2.05, 4.69) is 10.1 Å². The lowest BCUT2D eigenvalue weighted by Crippen LogP contribution is -2.42. The van der Waals surface area contributed by atoms with Gasteiger partial charge in [0.25, 0.3) is 0 Å². The molecule has 10 heavy (non-hydrogen) atoms. The highest BCUT2D eigenvalue weighted by Crippen LogP contribution is 2.08. The van der Waals surface area contributed by atoms with E-state index in [1.54, 1.807) is 0 Å². The fraction of sp³-hybridized carbons (Fsp3) is 1.00. The van der Waals surface area contributed by atoms with Crippen molar-refractivity contribution in [3.05, 3.63) is 0 Å². The van der Waals surface area contributed by atoms with Crippen LogP contribution in [0, 0.1) is 5.92 Å². The number of halogens is 2. The Hall–Kier alpha value is -0.220. The molecule has 0 aromatic rings. The zero-order chi connectivity index (χ0) is 7.40. The van der Waals surface area contributed by atoms with Gasteiger partial charge in [-0.2, -0.15) is 8.78 Å². The molecule has 1 fully saturated rings. The van der Waals surface area contributed by atoms with E-state index in [1.165, 1.54) is 0 Å². The summed E-state index contributed by atoms with van der Waals surface area (Å²) in [5.41, 5.74) is 0. The van der Waals surface area contributed by atoms with Crippen molar-refractivity contribution in [3.63, 3.8) is 0 Å². The summed E-state index contributed by atoms with van der Waals surface area (Å²) in [6, 6.07) is 0. The number of hydrogen-bond acceptors (Lipinski definition) is 2. The molecule has 1 saturated heterocycles. The summed E-state index contributed by atoms with van der Waals surface area (Å²) in [6.45, 7) is -0.517. The Labute approximate surface area is 58.6 Å². The number of nitrogens with one attached hydrogen (secondary N) is 1. The van der Waals surface area contributed by atoms with Gasteiger partial charge in [0.15, 0.2) is 0 Å². The molecule has 0 unspecified atom stereocenters. The molecule has 1 rings (SSSR count). The standard InChI is InChI=1S/C6H11F2NO/c7-6(8)10-2-1-5-3-9-4-5/h5-6,9H,1-4H2. The molecule has 0 spiro atoms. The van der Waals surface area contributed by atoms with Crippen LogP contribution in [0.15, 0.2) is 0 Å². The predicted octanol–water partition coefficient (Wildman–Crippen LogP) is 0.835. The largest absolute Gasteiger partial charge is 0.345 e. The zero-order valence-corrected chi connectivity index (χ0v) is 5.65. The second-order valence-corrected chi connectivity index (χ2v) is 2.44. The van der Waals surface area contributed by atoms with Crippen LogP contribution < -0.4 is 5.32 Å². The van der Waals surface area contributed by atoms with Gasteiger partial charge in [0.05, 0.1) is 6.61 Å². The van der Waals surface area contributed by atoms with E-state index in [-0.39, 0.29) is 6.61 Å². The van der Waals surface area contributed by atoms with Gasteiger partial charge in [0, 0.05) is 0 Å². The van der Waals surface area contributed by atoms with E-state index in [0.29, 0.717) is 5.92 Å². The second kappa shape index (κ2) is 3.83. The quantitative estimate of drug-likeness (QED) is 0.642. The van der Waals surface area contributed by atoms with E-state index in [9.17, 15) is 8.78 Å². The van der Waals surface area contributed by atoms with Crippen LogP contribution in [0.4, 0.5) is 8.78 Å². The average molecular weight is 151 g/mol. The van der Waals surface area contributed by atoms with Gasteiger partial charge >= 0.3 is 6.61 Å². The second-order valence-electron chi connectivity index (χ2n) is 2.44. The molecule has 1 aliphatic rings. The number of alkyl halides is 2. The van der Waals surface area contributed by atoms with E-state index in [1.807, 2.05) is 0 Å². The van der Waals surface area contributed by atoms with E-state index >= 15 is 0 Å². The topological polar surface area (TPSA) is 21.3 Å². The molecule has 0 radical (unpaired) electrons. The van der Waals surface area contributed by atoms with Crippen LogP contribution in [-0.2, 0) is 4.74 Å². The van der Waals surface area contributed by atoms with Crippen molar-refractivity contribution in [2.45, 2.75) is 13.0 Å². The highest BCUT2D eigenvalue weighted by molar-refractivity contribution is 4.73. The number of hydrogen-bond donors (Lipinski definition) is 1. The van der Waals surface area contributed by atoms with Crippen LogP contribution in [0.5, 0.6) is 0 Å². The SMILES string of the molecule is FC(F)OCCC1CNC1. The Morgan fingerprint density at radius 3 is 2.60 bits per heavy atom. The van der Waals surface area contributed by atoms with Crippen molar-refractivity contribution in [3.8, 4) is 0 Å². The Bertz CT molecular complexity index is 95.7. The third-order valence-electron chi connectivity index (χ3n) is 1.64. The molecular weight excluding hydrogens is 140 g/mol. The summed E-state index contributed by atoms with van der Waals surface area (Å²) in [5.74, 6) is 0.554. The monoisotopic (exact) mass is 151 g/mol. The van der Waals surface area contributed by atoms with Gasteiger partial charge in [0.1, 0.15) is 0 Å². The van der Waals surface area contributed by atoms with Gasteiger partial charge in [-0.1, -0.05) is 0 Å². The smallest absolute Gasteiger partial charge is 0.323 e. The molecule has 0 amide bonds. The fourth-order valence-electron chi connectivity index (χ4n) is 0.876. The molecule has 1 heterocycles. The molecule has 2 nitrogen and oxygen atoms in total. The molecule has 0 bridgehead atoms. The average Bonchev–Trinajstić information content (AvgIpc) is 1.75. The van der Waals surface area contributed by atoms with Gasteiger partial charge in [-0.3, -0.25) is 0 Å². The van der Waals surface area contributed by atoms with Crippen LogP contribution in [0.1, 0.15) is 6.42 Å². The van der Waals surface area contributed by atoms with Crippen LogP contribution in [0.3, 0.4) is 0 Å². The lowest BCUT2D eigenvalue weighted by molar-refractivity contribution is -0.132. The van der Waals surface area contributed by atoms with Crippen LogP contribution in [0.2, 0.25) is 0 Å². The molecular formula is C6H11F2NO. The summed E-state index contributed by atoms with van der Waals surface area (Å²) < 4.78 is 26.8. The Morgan fingerprint density at radius 1 is 1.50 bits per heavy atom. The van der Waals surface area contributed by atoms with Crippen molar-refractivity contribution in [1.29, 1.82) is 0 Å². The van der Waals surface area contributed by atoms with E-state index in [0.717, 1.165) is 19.5 Å². The minimum absolute atomic E-state index is 0.185. The van der Waals surface area contributed by atoms with Gasteiger partial charge in [0.2, 0.25) is 0 Å². The maximum absolute atomic E-state index is 11.4. The van der Waals surface area contributed by atoms with Crippen molar-refractivity contribution in [1.82, 2.24) is 5.32 Å². The lowest BCUT2D eigenvalue weighted by atomic mass is 10.0. The van der Waals surface area contributed by atoms with Crippen molar-refractivity contribution >= 4 is 0 Å². The first-order chi connectivity index (χ1) is 4.79. The van der Waals surface area contributed by atoms with Gasteiger partial charge in [-0.15, -0.1) is 0 Å². The maximum Gasteiger partial charge on any atom is 0.345 e. The number of rotatable bonds is 4. The minimum Gasteiger partial charge on any atom is -0.323 e. The van der Waals surface area contributed by atoms with Gasteiger partial charge in [-0.05, 0) is 25.4 Å². The normalized spacial score (nSPS) is 19.5. The first kappa shape index (κ1) is 7.88. The van der Waals surface area contributed by atoms with Crippen LogP contribution >= 0.6 is 0 Å². The minimum atomic E-state index is -2.60. The lowest BCUT2D eigenvalue weighted by Gasteiger charge is -2.26. The number of ether oxygens (including phenoxy) is 1. The molecule has 0 atom stereocenters. The summed E-state index contributed by atoms with van der Waals surface area (Å²) in [4.78, 5) is 0. The van der Waals surface area contributed by atoms with Crippen molar-refractivity contribution < 1.29 is 13.5 Å². The van der Waals surface area contributed by atoms with Crippen LogP contribution in [0.25, 0.3) is 0 Å². The zero-order valence-electron chi connectivity index (χ0n) is 5.65. The molecule has 0 aliphatic carbocycles. The first-order valence-electron chi connectivity index (χ1n) is 3.39. The van der Waals surface area contributed by atoms with Gasteiger partial charge in [-0.25, -0.2) is 0 Å². The summed E-state index contributed by atoms with van der Waals surface area (Å²) in [6.07, 6.45) is 0.747. The molecule has 1 N–H and O–H groups in total. The molecule has 4 heteroatoms. The van der Waals surface area contributed by atoms with Crippen molar-refractivity contribution in [2.24, 2.45) is 5.92 Å². The molecule has 1 aliphatic heterocycles. The third-order valence-corrected chi connectivity index (χ3v) is 1.64. The first-order valence-corrected chi connectivity index (χ1v) is 3.39. The maximum atomic E-state index is 11.4. The fourth-order valence-corrected chi connectivity index (χ4v) is 0.876. The Balaban J connectivity index is 1.85. The summed E-state index contributed by atoms with van der Waals surface area (Å²) >= 11 is 0. The van der Waals surface area contributed by atoms with Gasteiger partial charge < -0.3 is 10.1 Å². The predicted molar refractivity (Wildman–Crippen MR) is 32.9 cm³/mol. The Kier molecular flexibility index (Phi) is 3.02. The Morgan fingerprint density at radius 2 is 2.20 bits per heavy atom. The molecule has 0 aromatic carbocycles. The van der Waals surface area contributed by atoms with E-state index < -0.39 is 6.61 Å². The van der Waals surface area contributed by atoms with Crippen molar-refractivity contribution in [2.75, 3.05) is 19.7 Å². The highest BCUT2D eigenvalue weighted by Gasteiger charge is 2.16. The van der Waals surface area contributed by atoms with Crippen LogP contribution in [-0.4, -0.2) is 26.3 Å².